The molecule has 6 heteroatoms. The largest absolute Gasteiger partial charge is 0.435 e. The fourth-order valence-corrected chi connectivity index (χ4v) is 1.39. The summed E-state index contributed by atoms with van der Waals surface area (Å²) in [5, 5.41) is 2.70. The van der Waals surface area contributed by atoms with Crippen molar-refractivity contribution in [3.05, 3.63) is 29.8 Å². The van der Waals surface area contributed by atoms with Crippen molar-refractivity contribution < 1.29 is 18.3 Å². The standard InChI is InChI=1S/C13H18F2N2O2/c1-13(2,16)11(18)17-8-7-9-3-5-10(6-4-9)19-12(14)15/h3-6,12H,7-8,16H2,1-2H3,(H,17,18). The number of nitrogens with one attached hydrogen (secondary N) is 1. The first kappa shape index (κ1) is 15.4. The first-order valence-corrected chi connectivity index (χ1v) is 5.90. The number of alkyl halides is 2. The minimum Gasteiger partial charge on any atom is -0.435 e. The highest BCUT2D eigenvalue weighted by atomic mass is 19.3. The maximum Gasteiger partial charge on any atom is 0.387 e. The molecule has 4 nitrogen and oxygen atoms in total. The first-order chi connectivity index (χ1) is 8.79. The second-order valence-electron chi connectivity index (χ2n) is 4.75. The third-order valence-corrected chi connectivity index (χ3v) is 2.43. The van der Waals surface area contributed by atoms with Crippen molar-refractivity contribution in [2.45, 2.75) is 32.4 Å². The quantitative estimate of drug-likeness (QED) is 0.828. The van der Waals surface area contributed by atoms with Gasteiger partial charge < -0.3 is 15.8 Å². The molecule has 0 saturated carbocycles. The third-order valence-electron chi connectivity index (χ3n) is 2.43. The van der Waals surface area contributed by atoms with Gasteiger partial charge in [0, 0.05) is 6.54 Å². The highest BCUT2D eigenvalue weighted by Crippen LogP contribution is 2.14. The molecule has 0 radical (unpaired) electrons. The predicted molar refractivity (Wildman–Crippen MR) is 68.1 cm³/mol. The van der Waals surface area contributed by atoms with Gasteiger partial charge in [-0.3, -0.25) is 4.79 Å². The van der Waals surface area contributed by atoms with Crippen molar-refractivity contribution in [3.63, 3.8) is 0 Å². The monoisotopic (exact) mass is 272 g/mol. The molecule has 0 spiro atoms. The van der Waals surface area contributed by atoms with Crippen LogP contribution >= 0.6 is 0 Å². The van der Waals surface area contributed by atoms with E-state index in [1.807, 2.05) is 0 Å². The van der Waals surface area contributed by atoms with Gasteiger partial charge in [-0.25, -0.2) is 0 Å². The van der Waals surface area contributed by atoms with E-state index >= 15 is 0 Å². The zero-order valence-electron chi connectivity index (χ0n) is 11.0. The summed E-state index contributed by atoms with van der Waals surface area (Å²) in [6.07, 6.45) is 0.594. The topological polar surface area (TPSA) is 64.4 Å². The van der Waals surface area contributed by atoms with Crippen molar-refractivity contribution in [1.29, 1.82) is 0 Å². The number of hydrogen-bond donors (Lipinski definition) is 2. The maximum atomic E-state index is 11.9. The molecule has 0 aliphatic rings. The fraction of sp³-hybridized carbons (Fsp3) is 0.462. The van der Waals surface area contributed by atoms with E-state index in [1.165, 1.54) is 12.1 Å². The number of nitrogens with two attached hydrogens (primary N) is 1. The molecule has 1 aromatic rings. The molecule has 0 heterocycles. The lowest BCUT2D eigenvalue weighted by atomic mass is 10.1. The van der Waals surface area contributed by atoms with Crippen LogP contribution in [0.15, 0.2) is 24.3 Å². The van der Waals surface area contributed by atoms with E-state index in [0.29, 0.717) is 13.0 Å². The first-order valence-electron chi connectivity index (χ1n) is 5.90. The van der Waals surface area contributed by atoms with Gasteiger partial charge in [-0.15, -0.1) is 0 Å². The van der Waals surface area contributed by atoms with E-state index in [0.717, 1.165) is 5.56 Å². The van der Waals surface area contributed by atoms with Crippen molar-refractivity contribution in [3.8, 4) is 5.75 Å². The second kappa shape index (κ2) is 6.47. The second-order valence-corrected chi connectivity index (χ2v) is 4.75. The van der Waals surface area contributed by atoms with Gasteiger partial charge in [0.25, 0.3) is 0 Å². The van der Waals surface area contributed by atoms with Gasteiger partial charge in [0.05, 0.1) is 5.54 Å². The number of amides is 1. The van der Waals surface area contributed by atoms with E-state index in [4.69, 9.17) is 5.73 Å². The molecule has 0 bridgehead atoms. The van der Waals surface area contributed by atoms with Crippen molar-refractivity contribution >= 4 is 5.91 Å². The molecule has 19 heavy (non-hydrogen) atoms. The van der Waals surface area contributed by atoms with Crippen LogP contribution in [0.2, 0.25) is 0 Å². The SMILES string of the molecule is CC(C)(N)C(=O)NCCc1ccc(OC(F)F)cc1. The molecule has 3 N–H and O–H groups in total. The van der Waals surface area contributed by atoms with Gasteiger partial charge in [0.15, 0.2) is 0 Å². The summed E-state index contributed by atoms with van der Waals surface area (Å²) >= 11 is 0. The highest BCUT2D eigenvalue weighted by Gasteiger charge is 2.20. The van der Waals surface area contributed by atoms with Gasteiger partial charge in [0.2, 0.25) is 5.91 Å². The summed E-state index contributed by atoms with van der Waals surface area (Å²) in [6, 6.07) is 6.29. The molecule has 1 aromatic carbocycles. The summed E-state index contributed by atoms with van der Waals surface area (Å²) in [4.78, 5) is 11.5. The van der Waals surface area contributed by atoms with E-state index in [2.05, 4.69) is 10.1 Å². The number of halogens is 2. The van der Waals surface area contributed by atoms with Crippen LogP contribution in [0.4, 0.5) is 8.78 Å². The van der Waals surface area contributed by atoms with Crippen LogP contribution in [0, 0.1) is 0 Å². The molecule has 1 rings (SSSR count). The van der Waals surface area contributed by atoms with Crippen LogP contribution < -0.4 is 15.8 Å². The molecule has 1 amide bonds. The Morgan fingerprint density at radius 1 is 1.37 bits per heavy atom. The average molecular weight is 272 g/mol. The van der Waals surface area contributed by atoms with Crippen LogP contribution in [0.1, 0.15) is 19.4 Å². The van der Waals surface area contributed by atoms with Crippen LogP contribution in [-0.4, -0.2) is 24.6 Å². The normalized spacial score (nSPS) is 11.5. The van der Waals surface area contributed by atoms with Gasteiger partial charge in [0.1, 0.15) is 5.75 Å². The molecule has 0 saturated heterocycles. The summed E-state index contributed by atoms with van der Waals surface area (Å²) in [5.41, 5.74) is 5.63. The molecule has 0 fully saturated rings. The van der Waals surface area contributed by atoms with E-state index in [1.54, 1.807) is 26.0 Å². The lowest BCUT2D eigenvalue weighted by Gasteiger charge is -2.17. The molecule has 0 unspecified atom stereocenters. The van der Waals surface area contributed by atoms with Gasteiger partial charge in [-0.05, 0) is 38.0 Å². The molecule has 106 valence electrons. The number of benzene rings is 1. The Hall–Kier alpha value is -1.69. The lowest BCUT2D eigenvalue weighted by molar-refractivity contribution is -0.125. The van der Waals surface area contributed by atoms with Crippen molar-refractivity contribution in [2.24, 2.45) is 5.73 Å². The molecule has 0 aliphatic carbocycles. The molecular weight excluding hydrogens is 254 g/mol. The number of hydrogen-bond acceptors (Lipinski definition) is 3. The fourth-order valence-electron chi connectivity index (χ4n) is 1.39. The Morgan fingerprint density at radius 3 is 2.42 bits per heavy atom. The molecule has 0 aromatic heterocycles. The lowest BCUT2D eigenvalue weighted by Crippen LogP contribution is -2.49. The van der Waals surface area contributed by atoms with Crippen LogP contribution in [0.3, 0.4) is 0 Å². The average Bonchev–Trinajstić information content (AvgIpc) is 2.29. The highest BCUT2D eigenvalue weighted by molar-refractivity contribution is 5.84. The number of ether oxygens (including phenoxy) is 1. The van der Waals surface area contributed by atoms with E-state index in [-0.39, 0.29) is 11.7 Å². The van der Waals surface area contributed by atoms with Crippen molar-refractivity contribution in [1.82, 2.24) is 5.32 Å². The molecule has 0 aliphatic heterocycles. The van der Waals surface area contributed by atoms with Gasteiger partial charge >= 0.3 is 6.61 Å². The number of carbonyl (C=O) groups is 1. The number of carbonyl (C=O) groups excluding carboxylic acids is 1. The van der Waals surface area contributed by atoms with E-state index in [9.17, 15) is 13.6 Å². The van der Waals surface area contributed by atoms with Gasteiger partial charge in [-0.2, -0.15) is 8.78 Å². The Balaban J connectivity index is 2.40. The maximum absolute atomic E-state index is 11.9. The van der Waals surface area contributed by atoms with Crippen LogP contribution in [-0.2, 0) is 11.2 Å². The Kier molecular flexibility index (Phi) is 5.23. The summed E-state index contributed by atoms with van der Waals surface area (Å²) < 4.78 is 28.1. The van der Waals surface area contributed by atoms with Crippen LogP contribution in [0.5, 0.6) is 5.75 Å². The summed E-state index contributed by atoms with van der Waals surface area (Å²) in [7, 11) is 0. The van der Waals surface area contributed by atoms with Gasteiger partial charge in [-0.1, -0.05) is 12.1 Å². The number of rotatable bonds is 6. The Morgan fingerprint density at radius 2 is 1.95 bits per heavy atom. The third kappa shape index (κ3) is 5.65. The predicted octanol–water partition coefficient (Wildman–Crippen LogP) is 1.68. The Bertz CT molecular complexity index is 414. The summed E-state index contributed by atoms with van der Waals surface area (Å²) in [6.45, 7) is 0.864. The summed E-state index contributed by atoms with van der Waals surface area (Å²) in [5.74, 6) is -0.115. The Labute approximate surface area is 110 Å². The minimum atomic E-state index is -2.82. The minimum absolute atomic E-state index is 0.117. The molecule has 0 atom stereocenters. The zero-order chi connectivity index (χ0) is 14.5. The van der Waals surface area contributed by atoms with Crippen molar-refractivity contribution in [2.75, 3.05) is 6.54 Å². The van der Waals surface area contributed by atoms with E-state index < -0.39 is 12.2 Å². The zero-order valence-corrected chi connectivity index (χ0v) is 11.0. The smallest absolute Gasteiger partial charge is 0.387 e. The van der Waals surface area contributed by atoms with Crippen LogP contribution in [0.25, 0.3) is 0 Å². The molecular formula is C13H18F2N2O2.